The summed E-state index contributed by atoms with van der Waals surface area (Å²) in [6.45, 7) is 2.47. The Hall–Kier alpha value is -3.13. The highest BCUT2D eigenvalue weighted by atomic mass is 32.2. The fourth-order valence-corrected chi connectivity index (χ4v) is 4.07. The summed E-state index contributed by atoms with van der Waals surface area (Å²) < 4.78 is 24.4. The molecule has 4 rings (SSSR count). The van der Waals surface area contributed by atoms with Gasteiger partial charge in [0.1, 0.15) is 11.6 Å². The third-order valence-electron chi connectivity index (χ3n) is 4.52. The standard InChI is InChI=1S/C21H18FN3O3S/c1-13-11-14(7-8-17(13)27-2)21(26)25-9-10-29-19(25)12-18-23-20(24-28-18)15-5-3-4-6-16(15)22/h3-8,11-12H,9-10H2,1-2H3/b19-12+. The van der Waals surface area contributed by atoms with Crippen LogP contribution in [0.5, 0.6) is 5.75 Å². The van der Waals surface area contributed by atoms with Crippen LogP contribution in [0.2, 0.25) is 0 Å². The third-order valence-corrected chi connectivity index (χ3v) is 5.54. The normalized spacial score (nSPS) is 15.1. The SMILES string of the molecule is COc1ccc(C(=O)N2CCS/C2=C/c2nc(-c3ccccc3F)no2)cc1C. The monoisotopic (exact) mass is 411 g/mol. The van der Waals surface area contributed by atoms with Crippen LogP contribution < -0.4 is 4.74 Å². The molecule has 0 saturated carbocycles. The van der Waals surface area contributed by atoms with Gasteiger partial charge in [-0.3, -0.25) is 4.79 Å². The van der Waals surface area contributed by atoms with Crippen LogP contribution in [0.4, 0.5) is 4.39 Å². The summed E-state index contributed by atoms with van der Waals surface area (Å²) in [5.41, 5.74) is 1.73. The van der Waals surface area contributed by atoms with Gasteiger partial charge in [0, 0.05) is 23.9 Å². The molecule has 3 aromatic rings. The first-order valence-corrected chi connectivity index (χ1v) is 9.95. The molecule has 0 spiro atoms. The summed E-state index contributed by atoms with van der Waals surface area (Å²) in [4.78, 5) is 18.9. The van der Waals surface area contributed by atoms with Crippen molar-refractivity contribution in [3.05, 3.63) is 70.3 Å². The lowest BCUT2D eigenvalue weighted by Gasteiger charge is -2.17. The molecule has 0 atom stereocenters. The number of amides is 1. The number of benzene rings is 2. The number of nitrogens with zero attached hydrogens (tertiary/aromatic N) is 3. The first kappa shape index (κ1) is 19.2. The summed E-state index contributed by atoms with van der Waals surface area (Å²) >= 11 is 1.53. The maximum Gasteiger partial charge on any atom is 0.258 e. The number of hydrogen-bond donors (Lipinski definition) is 0. The van der Waals surface area contributed by atoms with Gasteiger partial charge in [0.15, 0.2) is 0 Å². The quantitative estimate of drug-likeness (QED) is 0.635. The molecule has 148 valence electrons. The lowest BCUT2D eigenvalue weighted by molar-refractivity contribution is 0.0831. The number of aryl methyl sites for hydroxylation is 1. The van der Waals surface area contributed by atoms with E-state index in [0.717, 1.165) is 17.1 Å². The van der Waals surface area contributed by atoms with Crippen LogP contribution in [0.3, 0.4) is 0 Å². The van der Waals surface area contributed by atoms with Crippen LogP contribution in [0.15, 0.2) is 52.0 Å². The van der Waals surface area contributed by atoms with Crippen molar-refractivity contribution in [2.24, 2.45) is 0 Å². The van der Waals surface area contributed by atoms with Gasteiger partial charge in [0.05, 0.1) is 17.7 Å². The van der Waals surface area contributed by atoms with E-state index < -0.39 is 5.82 Å². The zero-order valence-corrected chi connectivity index (χ0v) is 16.7. The molecule has 1 aromatic heterocycles. The number of carbonyl (C=O) groups is 1. The van der Waals surface area contributed by atoms with E-state index in [1.807, 2.05) is 13.0 Å². The van der Waals surface area contributed by atoms with Gasteiger partial charge in [0.25, 0.3) is 11.8 Å². The number of carbonyl (C=O) groups excluding carboxylic acids is 1. The van der Waals surface area contributed by atoms with E-state index in [1.165, 1.54) is 17.8 Å². The van der Waals surface area contributed by atoms with Gasteiger partial charge < -0.3 is 14.2 Å². The number of ether oxygens (including phenoxy) is 1. The molecular formula is C21H18FN3O3S. The Morgan fingerprint density at radius 1 is 1.31 bits per heavy atom. The summed E-state index contributed by atoms with van der Waals surface area (Å²) in [5.74, 6) is 1.36. The Labute approximate surface area is 171 Å². The molecule has 29 heavy (non-hydrogen) atoms. The average Bonchev–Trinajstić information content (AvgIpc) is 3.38. The lowest BCUT2D eigenvalue weighted by atomic mass is 10.1. The fraction of sp³-hybridized carbons (Fsp3) is 0.190. The molecule has 6 nitrogen and oxygen atoms in total. The third kappa shape index (κ3) is 3.88. The largest absolute Gasteiger partial charge is 0.496 e. The molecule has 0 unspecified atom stereocenters. The Morgan fingerprint density at radius 2 is 2.14 bits per heavy atom. The minimum atomic E-state index is -0.422. The van der Waals surface area contributed by atoms with E-state index in [0.29, 0.717) is 17.1 Å². The van der Waals surface area contributed by atoms with Gasteiger partial charge >= 0.3 is 0 Å². The molecule has 0 radical (unpaired) electrons. The van der Waals surface area contributed by atoms with Crippen LogP contribution in [-0.4, -0.2) is 40.4 Å². The Bertz CT molecular complexity index is 1100. The van der Waals surface area contributed by atoms with E-state index in [-0.39, 0.29) is 23.2 Å². The molecule has 0 N–H and O–H groups in total. The highest BCUT2D eigenvalue weighted by Gasteiger charge is 2.26. The predicted octanol–water partition coefficient (Wildman–Crippen LogP) is 4.38. The van der Waals surface area contributed by atoms with Gasteiger partial charge in [0.2, 0.25) is 5.82 Å². The smallest absolute Gasteiger partial charge is 0.258 e. The van der Waals surface area contributed by atoms with E-state index in [1.54, 1.807) is 48.4 Å². The Morgan fingerprint density at radius 3 is 2.90 bits per heavy atom. The number of thioether (sulfide) groups is 1. The molecule has 1 amide bonds. The Kier molecular flexibility index (Phi) is 5.35. The molecule has 0 aliphatic carbocycles. The zero-order valence-electron chi connectivity index (χ0n) is 15.9. The van der Waals surface area contributed by atoms with Crippen LogP contribution in [0.25, 0.3) is 17.5 Å². The maximum atomic E-state index is 13.9. The van der Waals surface area contributed by atoms with E-state index in [2.05, 4.69) is 10.1 Å². The van der Waals surface area contributed by atoms with E-state index in [4.69, 9.17) is 9.26 Å². The minimum Gasteiger partial charge on any atom is -0.496 e. The topological polar surface area (TPSA) is 68.5 Å². The van der Waals surface area contributed by atoms with Gasteiger partial charge in [-0.15, -0.1) is 11.8 Å². The first-order valence-electron chi connectivity index (χ1n) is 8.96. The summed E-state index contributed by atoms with van der Waals surface area (Å²) in [5, 5.41) is 4.57. The van der Waals surface area contributed by atoms with Gasteiger partial charge in [-0.1, -0.05) is 17.3 Å². The van der Waals surface area contributed by atoms with Crippen molar-refractivity contribution >= 4 is 23.7 Å². The molecule has 1 fully saturated rings. The minimum absolute atomic E-state index is 0.110. The second-order valence-electron chi connectivity index (χ2n) is 6.41. The number of hydrogen-bond acceptors (Lipinski definition) is 6. The van der Waals surface area contributed by atoms with Gasteiger partial charge in [-0.05, 0) is 42.8 Å². The van der Waals surface area contributed by atoms with E-state index >= 15 is 0 Å². The van der Waals surface area contributed by atoms with Crippen molar-refractivity contribution in [1.82, 2.24) is 15.0 Å². The number of rotatable bonds is 4. The number of aromatic nitrogens is 2. The van der Waals surface area contributed by atoms with Crippen molar-refractivity contribution in [2.45, 2.75) is 6.92 Å². The Balaban J connectivity index is 1.59. The second-order valence-corrected chi connectivity index (χ2v) is 7.52. The average molecular weight is 411 g/mol. The maximum absolute atomic E-state index is 13.9. The highest BCUT2D eigenvalue weighted by molar-refractivity contribution is 8.03. The lowest BCUT2D eigenvalue weighted by Crippen LogP contribution is -2.26. The summed E-state index contributed by atoms with van der Waals surface area (Å²) in [6.07, 6.45) is 1.66. The number of methoxy groups -OCH3 is 1. The molecular weight excluding hydrogens is 393 g/mol. The van der Waals surface area contributed by atoms with Crippen molar-refractivity contribution in [2.75, 3.05) is 19.4 Å². The summed E-state index contributed by atoms with van der Waals surface area (Å²) in [7, 11) is 1.60. The van der Waals surface area contributed by atoms with Crippen molar-refractivity contribution in [3.8, 4) is 17.1 Å². The summed E-state index contributed by atoms with van der Waals surface area (Å²) in [6, 6.07) is 11.6. The van der Waals surface area contributed by atoms with Crippen molar-refractivity contribution < 1.29 is 18.4 Å². The van der Waals surface area contributed by atoms with E-state index in [9.17, 15) is 9.18 Å². The van der Waals surface area contributed by atoms with Gasteiger partial charge in [-0.2, -0.15) is 4.98 Å². The predicted molar refractivity (Wildman–Crippen MR) is 109 cm³/mol. The van der Waals surface area contributed by atoms with Crippen molar-refractivity contribution in [1.29, 1.82) is 0 Å². The molecule has 1 aliphatic rings. The second kappa shape index (κ2) is 8.08. The molecule has 2 aromatic carbocycles. The van der Waals surface area contributed by atoms with Crippen LogP contribution in [-0.2, 0) is 0 Å². The highest BCUT2D eigenvalue weighted by Crippen LogP contribution is 2.32. The van der Waals surface area contributed by atoms with Crippen molar-refractivity contribution in [3.63, 3.8) is 0 Å². The van der Waals surface area contributed by atoms with Crippen LogP contribution >= 0.6 is 11.8 Å². The first-order chi connectivity index (χ1) is 14.1. The van der Waals surface area contributed by atoms with Crippen LogP contribution in [0.1, 0.15) is 21.8 Å². The molecule has 1 saturated heterocycles. The molecule has 1 aliphatic heterocycles. The zero-order chi connectivity index (χ0) is 20.4. The molecule has 2 heterocycles. The molecule has 8 heteroatoms. The molecule has 0 bridgehead atoms. The fourth-order valence-electron chi connectivity index (χ4n) is 3.07. The van der Waals surface area contributed by atoms with Crippen LogP contribution in [0, 0.1) is 12.7 Å². The number of halogens is 1. The van der Waals surface area contributed by atoms with Gasteiger partial charge in [-0.25, -0.2) is 4.39 Å².